The van der Waals surface area contributed by atoms with Crippen molar-refractivity contribution >= 4 is 34.0 Å². The van der Waals surface area contributed by atoms with Crippen LogP contribution in [-0.2, 0) is 6.54 Å². The van der Waals surface area contributed by atoms with Gasteiger partial charge in [0.15, 0.2) is 0 Å². The number of rotatable bonds is 4. The zero-order valence-corrected chi connectivity index (χ0v) is 13.7. The van der Waals surface area contributed by atoms with Crippen molar-refractivity contribution < 1.29 is 4.39 Å². The zero-order chi connectivity index (χ0) is 14.7. The fourth-order valence-electron chi connectivity index (χ4n) is 2.08. The lowest BCUT2D eigenvalue weighted by atomic mass is 10.2. The summed E-state index contributed by atoms with van der Waals surface area (Å²) in [7, 11) is 0. The van der Waals surface area contributed by atoms with E-state index < -0.39 is 0 Å². The van der Waals surface area contributed by atoms with Crippen molar-refractivity contribution in [2.75, 3.05) is 17.2 Å². The number of nitrogens with zero attached hydrogens (tertiary/aromatic N) is 2. The minimum absolute atomic E-state index is 0.245. The van der Waals surface area contributed by atoms with Gasteiger partial charge in [-0.25, -0.2) is 4.39 Å². The summed E-state index contributed by atoms with van der Waals surface area (Å²) in [6.45, 7) is 5.33. The van der Waals surface area contributed by atoms with E-state index >= 15 is 0 Å². The predicted octanol–water partition coefficient (Wildman–Crippen LogP) is 3.74. The molecular formula is C15H17FIN3. The molecule has 0 aliphatic rings. The van der Waals surface area contributed by atoms with E-state index in [-0.39, 0.29) is 5.82 Å². The number of aryl methyl sites for hydroxylation is 1. The molecule has 1 aromatic carbocycles. The number of nitrogens with two attached hydrogens (primary N) is 1. The Morgan fingerprint density at radius 3 is 2.75 bits per heavy atom. The summed E-state index contributed by atoms with van der Waals surface area (Å²) in [4.78, 5) is 6.50. The molecule has 1 heterocycles. The lowest BCUT2D eigenvalue weighted by molar-refractivity contribution is 0.619. The van der Waals surface area contributed by atoms with Gasteiger partial charge in [0.05, 0.1) is 27.2 Å². The molecular weight excluding hydrogens is 368 g/mol. The van der Waals surface area contributed by atoms with Crippen LogP contribution in [0.25, 0.3) is 0 Å². The largest absolute Gasteiger partial charge is 0.397 e. The van der Waals surface area contributed by atoms with Crippen molar-refractivity contribution in [1.29, 1.82) is 0 Å². The van der Waals surface area contributed by atoms with Crippen LogP contribution >= 0.6 is 22.6 Å². The van der Waals surface area contributed by atoms with Crippen molar-refractivity contribution in [2.24, 2.45) is 0 Å². The second-order valence-corrected chi connectivity index (χ2v) is 5.77. The molecule has 0 radical (unpaired) electrons. The third-order valence-electron chi connectivity index (χ3n) is 3.09. The van der Waals surface area contributed by atoms with Crippen molar-refractivity contribution in [3.05, 3.63) is 51.1 Å². The number of hydrogen-bond donors (Lipinski definition) is 1. The molecule has 0 fully saturated rings. The maximum Gasteiger partial charge on any atom is 0.138 e. The topological polar surface area (TPSA) is 42.2 Å². The molecule has 106 valence electrons. The fraction of sp³-hybridized carbons (Fsp3) is 0.267. The number of anilines is 2. The molecule has 2 rings (SSSR count). The second kappa shape index (κ2) is 6.39. The summed E-state index contributed by atoms with van der Waals surface area (Å²) in [6.07, 6.45) is 0. The maximum atomic E-state index is 13.8. The van der Waals surface area contributed by atoms with Crippen molar-refractivity contribution in [1.82, 2.24) is 4.98 Å². The van der Waals surface area contributed by atoms with E-state index in [1.54, 1.807) is 6.07 Å². The van der Waals surface area contributed by atoms with Crippen LogP contribution < -0.4 is 10.6 Å². The van der Waals surface area contributed by atoms with Gasteiger partial charge < -0.3 is 10.6 Å². The lowest BCUT2D eigenvalue weighted by Crippen LogP contribution is -2.24. The third-order valence-corrected chi connectivity index (χ3v) is 3.92. The van der Waals surface area contributed by atoms with Gasteiger partial charge in [0, 0.05) is 18.3 Å². The van der Waals surface area contributed by atoms with Gasteiger partial charge in [-0.1, -0.05) is 6.07 Å². The Bertz CT molecular complexity index is 616. The van der Waals surface area contributed by atoms with Crippen LogP contribution in [0.4, 0.5) is 15.8 Å². The number of nitrogen functional groups attached to an aromatic ring is 1. The summed E-state index contributed by atoms with van der Waals surface area (Å²) in [6, 6.07) is 9.06. The maximum absolute atomic E-state index is 13.8. The first-order valence-corrected chi connectivity index (χ1v) is 7.51. The summed E-state index contributed by atoms with van der Waals surface area (Å²) >= 11 is 1.94. The van der Waals surface area contributed by atoms with Gasteiger partial charge in [0.1, 0.15) is 5.82 Å². The molecule has 3 nitrogen and oxygen atoms in total. The van der Waals surface area contributed by atoms with Gasteiger partial charge >= 0.3 is 0 Å². The average Bonchev–Trinajstić information content (AvgIpc) is 2.40. The number of pyridine rings is 1. The molecule has 2 N–H and O–H groups in total. The van der Waals surface area contributed by atoms with Crippen LogP contribution in [-0.4, -0.2) is 11.5 Å². The monoisotopic (exact) mass is 385 g/mol. The third kappa shape index (κ3) is 3.39. The molecule has 1 aromatic heterocycles. The first-order chi connectivity index (χ1) is 9.51. The van der Waals surface area contributed by atoms with Gasteiger partial charge in [-0.05, 0) is 54.6 Å². The van der Waals surface area contributed by atoms with Crippen LogP contribution in [0.5, 0.6) is 0 Å². The highest BCUT2D eigenvalue weighted by Crippen LogP contribution is 2.28. The number of hydrogen-bond acceptors (Lipinski definition) is 3. The number of halogens is 2. The van der Waals surface area contributed by atoms with Gasteiger partial charge in [0.25, 0.3) is 0 Å². The molecule has 0 saturated carbocycles. The predicted molar refractivity (Wildman–Crippen MR) is 89.2 cm³/mol. The fourth-order valence-corrected chi connectivity index (χ4v) is 2.57. The Hall–Kier alpha value is -1.37. The van der Waals surface area contributed by atoms with Crippen LogP contribution in [0.3, 0.4) is 0 Å². The quantitative estimate of drug-likeness (QED) is 0.644. The smallest absolute Gasteiger partial charge is 0.138 e. The van der Waals surface area contributed by atoms with Crippen LogP contribution in [0.1, 0.15) is 18.3 Å². The van der Waals surface area contributed by atoms with Gasteiger partial charge in [-0.2, -0.15) is 0 Å². The van der Waals surface area contributed by atoms with E-state index in [1.165, 1.54) is 6.07 Å². The van der Waals surface area contributed by atoms with Crippen molar-refractivity contribution in [3.63, 3.8) is 0 Å². The molecule has 0 aliphatic heterocycles. The molecule has 0 saturated heterocycles. The summed E-state index contributed by atoms with van der Waals surface area (Å²) in [5, 5.41) is 0. The zero-order valence-electron chi connectivity index (χ0n) is 11.5. The van der Waals surface area contributed by atoms with Gasteiger partial charge in [-0.15, -0.1) is 0 Å². The Morgan fingerprint density at radius 1 is 1.35 bits per heavy atom. The number of aromatic nitrogens is 1. The normalized spacial score (nSPS) is 10.6. The lowest BCUT2D eigenvalue weighted by Gasteiger charge is -2.24. The Labute approximate surface area is 132 Å². The minimum Gasteiger partial charge on any atom is -0.397 e. The van der Waals surface area contributed by atoms with Gasteiger partial charge in [-0.3, -0.25) is 4.98 Å². The Morgan fingerprint density at radius 2 is 2.10 bits per heavy atom. The summed E-state index contributed by atoms with van der Waals surface area (Å²) in [5.41, 5.74) is 9.24. The van der Waals surface area contributed by atoms with E-state index in [0.717, 1.165) is 17.9 Å². The molecule has 0 atom stereocenters. The SMILES string of the molecule is CCN(Cc1cccc(C)n1)c1cc(F)c(I)cc1N. The molecule has 0 bridgehead atoms. The van der Waals surface area contributed by atoms with E-state index in [9.17, 15) is 4.39 Å². The van der Waals surface area contributed by atoms with E-state index in [4.69, 9.17) is 5.73 Å². The highest BCUT2D eigenvalue weighted by molar-refractivity contribution is 14.1. The van der Waals surface area contributed by atoms with Gasteiger partial charge in [0.2, 0.25) is 0 Å². The minimum atomic E-state index is -0.245. The Balaban J connectivity index is 2.31. The average molecular weight is 385 g/mol. The summed E-state index contributed by atoms with van der Waals surface area (Å²) in [5.74, 6) is -0.245. The van der Waals surface area contributed by atoms with Crippen LogP contribution in [0.2, 0.25) is 0 Å². The summed E-state index contributed by atoms with van der Waals surface area (Å²) < 4.78 is 14.3. The highest BCUT2D eigenvalue weighted by Gasteiger charge is 2.13. The first kappa shape index (κ1) is 15.0. The molecule has 2 aromatic rings. The van der Waals surface area contributed by atoms with E-state index in [1.807, 2.05) is 59.5 Å². The van der Waals surface area contributed by atoms with E-state index in [2.05, 4.69) is 4.98 Å². The Kier molecular flexibility index (Phi) is 4.80. The molecule has 20 heavy (non-hydrogen) atoms. The van der Waals surface area contributed by atoms with Crippen LogP contribution in [0, 0.1) is 16.3 Å². The standard InChI is InChI=1S/C15H17FIN3/c1-3-20(9-11-6-4-5-10(2)19-11)15-7-12(16)13(17)8-14(15)18/h4-8H,3,9,18H2,1-2H3. The van der Waals surface area contributed by atoms with Crippen molar-refractivity contribution in [2.45, 2.75) is 20.4 Å². The molecule has 5 heteroatoms. The van der Waals surface area contributed by atoms with Crippen LogP contribution in [0.15, 0.2) is 30.3 Å². The highest BCUT2D eigenvalue weighted by atomic mass is 127. The second-order valence-electron chi connectivity index (χ2n) is 4.61. The number of benzene rings is 1. The molecule has 0 amide bonds. The first-order valence-electron chi connectivity index (χ1n) is 6.43. The molecule has 0 spiro atoms. The molecule has 0 aliphatic carbocycles. The van der Waals surface area contributed by atoms with E-state index in [0.29, 0.717) is 21.5 Å². The molecule has 0 unspecified atom stereocenters. The van der Waals surface area contributed by atoms with Crippen molar-refractivity contribution in [3.8, 4) is 0 Å².